The van der Waals surface area contributed by atoms with Crippen LogP contribution in [0.5, 0.6) is 11.5 Å². The Bertz CT molecular complexity index is 688. The van der Waals surface area contributed by atoms with E-state index in [1.807, 2.05) is 0 Å². The van der Waals surface area contributed by atoms with Crippen molar-refractivity contribution in [3.8, 4) is 11.5 Å². The summed E-state index contributed by atoms with van der Waals surface area (Å²) in [4.78, 5) is 28.5. The Morgan fingerprint density at radius 1 is 1.50 bits per heavy atom. The Balaban J connectivity index is 2.08. The van der Waals surface area contributed by atoms with Gasteiger partial charge < -0.3 is 19.5 Å². The first-order chi connectivity index (χ1) is 11.6. The fourth-order valence-corrected chi connectivity index (χ4v) is 3.25. The molecule has 0 radical (unpaired) electrons. The van der Waals surface area contributed by atoms with Gasteiger partial charge in [0.1, 0.15) is 6.61 Å². The molecule has 0 spiro atoms. The second kappa shape index (κ2) is 6.43. The number of methoxy groups -OCH3 is 1. The number of fused-ring (bicyclic) bond motifs is 2. The molecule has 2 heterocycles. The van der Waals surface area contributed by atoms with Gasteiger partial charge in [0.2, 0.25) is 0 Å². The first-order valence-corrected chi connectivity index (χ1v) is 7.84. The average Bonchev–Trinajstić information content (AvgIpc) is 3.01. The minimum atomic E-state index is -0.567. The zero-order chi connectivity index (χ0) is 17.3. The van der Waals surface area contributed by atoms with Crippen LogP contribution in [0.4, 0.5) is 10.5 Å². The molecule has 0 aromatic heterocycles. The first kappa shape index (κ1) is 16.2. The Morgan fingerprint density at radius 2 is 2.29 bits per heavy atom. The molecule has 24 heavy (non-hydrogen) atoms. The van der Waals surface area contributed by atoms with Gasteiger partial charge in [-0.1, -0.05) is 12.7 Å². The molecule has 1 N–H and O–H groups in total. The molecule has 0 aliphatic carbocycles. The van der Waals surface area contributed by atoms with E-state index in [-0.39, 0.29) is 30.1 Å². The van der Waals surface area contributed by atoms with Gasteiger partial charge >= 0.3 is 6.09 Å². The number of anilines is 1. The summed E-state index contributed by atoms with van der Waals surface area (Å²) in [5.74, 6) is -0.100. The van der Waals surface area contributed by atoms with Crippen molar-refractivity contribution in [1.82, 2.24) is 4.90 Å². The molecule has 0 bridgehead atoms. The maximum Gasteiger partial charge on any atom is 0.414 e. The van der Waals surface area contributed by atoms with Crippen LogP contribution in [-0.4, -0.2) is 54.9 Å². The Hall–Kier alpha value is -2.70. The quantitative estimate of drug-likeness (QED) is 0.858. The van der Waals surface area contributed by atoms with Crippen LogP contribution in [0.3, 0.4) is 0 Å². The third-order valence-corrected chi connectivity index (χ3v) is 4.39. The van der Waals surface area contributed by atoms with Crippen molar-refractivity contribution in [1.29, 1.82) is 0 Å². The fourth-order valence-electron chi connectivity index (χ4n) is 3.25. The van der Waals surface area contributed by atoms with Gasteiger partial charge in [-0.2, -0.15) is 0 Å². The Labute approximate surface area is 140 Å². The number of phenolic OH excluding ortho intramolecular Hbond substituents is 1. The summed E-state index contributed by atoms with van der Waals surface area (Å²) >= 11 is 0. The number of nitrogens with zero attached hydrogens (tertiary/aromatic N) is 2. The zero-order valence-corrected chi connectivity index (χ0v) is 13.5. The smallest absolute Gasteiger partial charge is 0.414 e. The van der Waals surface area contributed by atoms with Crippen molar-refractivity contribution in [3.05, 3.63) is 30.4 Å². The molecule has 1 saturated heterocycles. The van der Waals surface area contributed by atoms with E-state index in [0.717, 1.165) is 12.8 Å². The highest BCUT2D eigenvalue weighted by atomic mass is 16.6. The van der Waals surface area contributed by atoms with Crippen molar-refractivity contribution in [2.75, 3.05) is 31.7 Å². The van der Waals surface area contributed by atoms with Crippen molar-refractivity contribution in [2.45, 2.75) is 18.9 Å². The molecule has 1 fully saturated rings. The lowest BCUT2D eigenvalue weighted by molar-refractivity contribution is 0.0747. The van der Waals surface area contributed by atoms with Gasteiger partial charge in [0, 0.05) is 19.2 Å². The van der Waals surface area contributed by atoms with Gasteiger partial charge in [-0.25, -0.2) is 4.79 Å². The summed E-state index contributed by atoms with van der Waals surface area (Å²) in [5.41, 5.74) is 0.659. The third kappa shape index (κ3) is 2.66. The minimum Gasteiger partial charge on any atom is -0.504 e. The van der Waals surface area contributed by atoms with E-state index in [9.17, 15) is 14.7 Å². The van der Waals surface area contributed by atoms with Crippen LogP contribution < -0.4 is 9.64 Å². The van der Waals surface area contributed by atoms with Gasteiger partial charge in [0.15, 0.2) is 11.5 Å². The zero-order valence-electron chi connectivity index (χ0n) is 13.5. The molecule has 7 heteroatoms. The van der Waals surface area contributed by atoms with E-state index in [2.05, 4.69) is 6.58 Å². The fraction of sp³-hybridized carbons (Fsp3) is 0.412. The maximum atomic E-state index is 12.9. The molecule has 3 rings (SSSR count). The molecule has 0 unspecified atom stereocenters. The molecule has 128 valence electrons. The van der Waals surface area contributed by atoms with Crippen LogP contribution in [0.15, 0.2) is 24.8 Å². The molecule has 1 atom stereocenters. The second-order valence-electron chi connectivity index (χ2n) is 5.81. The molecule has 7 nitrogen and oxygen atoms in total. The second-order valence-corrected chi connectivity index (χ2v) is 5.81. The Morgan fingerprint density at radius 3 is 3.00 bits per heavy atom. The number of rotatable bonds is 3. The molecule has 1 aromatic carbocycles. The third-order valence-electron chi connectivity index (χ3n) is 4.39. The number of carbonyl (C=O) groups is 2. The normalized spacial score (nSPS) is 19.4. The van der Waals surface area contributed by atoms with E-state index < -0.39 is 6.09 Å². The number of phenols is 1. The first-order valence-electron chi connectivity index (χ1n) is 7.84. The molecule has 2 amide bonds. The van der Waals surface area contributed by atoms with Crippen molar-refractivity contribution in [3.63, 3.8) is 0 Å². The van der Waals surface area contributed by atoms with E-state index in [1.54, 1.807) is 4.90 Å². The van der Waals surface area contributed by atoms with E-state index in [4.69, 9.17) is 9.47 Å². The average molecular weight is 332 g/mol. The number of ether oxygens (including phenoxy) is 2. The van der Waals surface area contributed by atoms with Gasteiger partial charge in [0.25, 0.3) is 5.91 Å². The number of hydrogen-bond donors (Lipinski definition) is 1. The summed E-state index contributed by atoms with van der Waals surface area (Å²) in [6, 6.07) is 2.79. The van der Waals surface area contributed by atoms with Gasteiger partial charge in [-0.05, 0) is 18.9 Å². The lowest BCUT2D eigenvalue weighted by atomic mass is 10.1. The SMILES string of the molecule is C=CCOC(=O)N1C[C@@H]2CCCN2C(=O)c2cc(OC)c(O)cc21. The van der Waals surface area contributed by atoms with Crippen LogP contribution >= 0.6 is 0 Å². The number of benzene rings is 1. The number of amides is 2. The molecular formula is C17H20N2O5. The van der Waals surface area contributed by atoms with Crippen LogP contribution in [0.1, 0.15) is 23.2 Å². The van der Waals surface area contributed by atoms with Crippen LogP contribution in [0.25, 0.3) is 0 Å². The van der Waals surface area contributed by atoms with E-state index in [0.29, 0.717) is 24.3 Å². The predicted molar refractivity (Wildman–Crippen MR) is 87.6 cm³/mol. The number of carbonyl (C=O) groups excluding carboxylic acids is 2. The van der Waals surface area contributed by atoms with Crippen molar-refractivity contribution in [2.24, 2.45) is 0 Å². The van der Waals surface area contributed by atoms with E-state index in [1.165, 1.54) is 30.2 Å². The number of hydrogen-bond acceptors (Lipinski definition) is 5. The van der Waals surface area contributed by atoms with Gasteiger partial charge in [-0.3, -0.25) is 9.69 Å². The summed E-state index contributed by atoms with van der Waals surface area (Å²) in [6.07, 6.45) is 2.64. The summed E-state index contributed by atoms with van der Waals surface area (Å²) < 4.78 is 10.3. The van der Waals surface area contributed by atoms with Gasteiger partial charge in [-0.15, -0.1) is 0 Å². The predicted octanol–water partition coefficient (Wildman–Crippen LogP) is 2.15. The van der Waals surface area contributed by atoms with Crippen LogP contribution in [0.2, 0.25) is 0 Å². The highest BCUT2D eigenvalue weighted by molar-refractivity contribution is 6.05. The molecule has 2 aliphatic rings. The van der Waals surface area contributed by atoms with Crippen molar-refractivity contribution < 1.29 is 24.2 Å². The van der Waals surface area contributed by atoms with Gasteiger partial charge in [0.05, 0.1) is 24.4 Å². The van der Waals surface area contributed by atoms with Crippen LogP contribution in [-0.2, 0) is 4.74 Å². The molecule has 1 aromatic rings. The molecule has 2 aliphatic heterocycles. The topological polar surface area (TPSA) is 79.3 Å². The lowest BCUT2D eigenvalue weighted by Gasteiger charge is -2.25. The minimum absolute atomic E-state index is 0.0608. The summed E-state index contributed by atoms with van der Waals surface area (Å²) in [6.45, 7) is 4.59. The summed E-state index contributed by atoms with van der Waals surface area (Å²) in [5, 5.41) is 10.1. The monoisotopic (exact) mass is 332 g/mol. The van der Waals surface area contributed by atoms with E-state index >= 15 is 0 Å². The molecule has 0 saturated carbocycles. The van der Waals surface area contributed by atoms with Crippen LogP contribution in [0, 0.1) is 0 Å². The lowest BCUT2D eigenvalue weighted by Crippen LogP contribution is -2.42. The number of aromatic hydroxyl groups is 1. The standard InChI is InChI=1S/C17H20N2O5/c1-3-7-24-17(22)19-10-11-5-4-6-18(11)16(21)12-8-15(23-2)14(20)9-13(12)19/h3,8-9,11,20H,1,4-7,10H2,2H3/t11-/m0/s1. The highest BCUT2D eigenvalue weighted by Crippen LogP contribution is 2.38. The summed E-state index contributed by atoms with van der Waals surface area (Å²) in [7, 11) is 1.41. The van der Waals surface area contributed by atoms with Crippen molar-refractivity contribution >= 4 is 17.7 Å². The Kier molecular flexibility index (Phi) is 4.33. The molecular weight excluding hydrogens is 312 g/mol. The highest BCUT2D eigenvalue weighted by Gasteiger charge is 2.39. The largest absolute Gasteiger partial charge is 0.504 e. The maximum absolute atomic E-state index is 12.9.